The normalized spacial score (nSPS) is 22.8. The first kappa shape index (κ1) is 18.3. The van der Waals surface area contributed by atoms with Gasteiger partial charge in [-0.25, -0.2) is 12.8 Å². The first-order valence-electron chi connectivity index (χ1n) is 7.33. The van der Waals surface area contributed by atoms with Gasteiger partial charge < -0.3 is 4.90 Å². The highest BCUT2D eigenvalue weighted by molar-refractivity contribution is 8.00. The lowest BCUT2D eigenvalue weighted by molar-refractivity contribution is -0.133. The Bertz CT molecular complexity index is 741. The highest BCUT2D eigenvalue weighted by Gasteiger charge is 2.42. The molecule has 2 aliphatic rings. The van der Waals surface area contributed by atoms with E-state index in [9.17, 15) is 17.6 Å². The molecule has 3 rings (SSSR count). The lowest BCUT2D eigenvalue weighted by Gasteiger charge is -2.31. The Morgan fingerprint density at radius 2 is 1.96 bits per heavy atom. The van der Waals surface area contributed by atoms with Crippen molar-refractivity contribution in [3.05, 3.63) is 29.0 Å². The van der Waals surface area contributed by atoms with Crippen LogP contribution in [0.3, 0.4) is 0 Å². The van der Waals surface area contributed by atoms with E-state index in [-0.39, 0.29) is 16.8 Å². The average molecular weight is 411 g/mol. The number of amides is 1. The molecule has 0 saturated carbocycles. The molecular weight excluding hydrogens is 395 g/mol. The molecule has 1 atom stereocenters. The third-order valence-corrected chi connectivity index (χ3v) is 8.23. The predicted octanol–water partition coefficient (Wildman–Crippen LogP) is 2.12. The van der Waals surface area contributed by atoms with Gasteiger partial charge in [-0.05, 0) is 12.1 Å². The van der Waals surface area contributed by atoms with Crippen molar-refractivity contribution in [2.45, 2.75) is 10.9 Å². The van der Waals surface area contributed by atoms with Crippen LogP contribution in [0.15, 0.2) is 23.1 Å². The number of hydrogen-bond acceptors (Lipinski definition) is 5. The lowest BCUT2D eigenvalue weighted by atomic mass is 10.3. The zero-order valence-electron chi connectivity index (χ0n) is 12.7. The summed E-state index contributed by atoms with van der Waals surface area (Å²) in [5.41, 5.74) is 0. The SMILES string of the molecule is O=C([C@H]1CSCN1S(=O)(=O)c1cccc(Cl)c1F)N1CCSCC1. The van der Waals surface area contributed by atoms with E-state index in [1.165, 1.54) is 30.0 Å². The quantitative estimate of drug-likeness (QED) is 0.763. The Hall–Kier alpha value is -0.480. The molecule has 132 valence electrons. The number of carbonyl (C=O) groups excluding carboxylic acids is 1. The van der Waals surface area contributed by atoms with Gasteiger partial charge in [0.1, 0.15) is 10.9 Å². The van der Waals surface area contributed by atoms with E-state index >= 15 is 0 Å². The van der Waals surface area contributed by atoms with Crippen molar-refractivity contribution in [2.24, 2.45) is 0 Å². The first-order chi connectivity index (χ1) is 11.4. The number of thioether (sulfide) groups is 2. The number of carbonyl (C=O) groups is 1. The van der Waals surface area contributed by atoms with Crippen LogP contribution < -0.4 is 0 Å². The summed E-state index contributed by atoms with van der Waals surface area (Å²) in [6, 6.07) is 3.07. The van der Waals surface area contributed by atoms with E-state index in [1.807, 2.05) is 0 Å². The van der Waals surface area contributed by atoms with E-state index in [0.29, 0.717) is 18.8 Å². The van der Waals surface area contributed by atoms with Crippen molar-refractivity contribution in [3.63, 3.8) is 0 Å². The Morgan fingerprint density at radius 3 is 2.67 bits per heavy atom. The summed E-state index contributed by atoms with van der Waals surface area (Å²) in [7, 11) is -4.12. The number of hydrogen-bond donors (Lipinski definition) is 0. The monoisotopic (exact) mass is 410 g/mol. The molecule has 2 saturated heterocycles. The van der Waals surface area contributed by atoms with Crippen molar-refractivity contribution in [1.82, 2.24) is 9.21 Å². The summed E-state index contributed by atoms with van der Waals surface area (Å²) in [5, 5.41) is -0.251. The van der Waals surface area contributed by atoms with Gasteiger partial charge in [-0.15, -0.1) is 11.8 Å². The molecular formula is C14H16ClFN2O3S3. The minimum absolute atomic E-state index is 0.132. The smallest absolute Gasteiger partial charge is 0.247 e. The van der Waals surface area contributed by atoms with Gasteiger partial charge in [0.05, 0.1) is 10.9 Å². The van der Waals surface area contributed by atoms with Crippen molar-refractivity contribution >= 4 is 51.1 Å². The maximum absolute atomic E-state index is 14.2. The molecule has 0 radical (unpaired) electrons. The summed E-state index contributed by atoms with van der Waals surface area (Å²) < 4.78 is 41.0. The fourth-order valence-corrected chi connectivity index (χ4v) is 7.02. The van der Waals surface area contributed by atoms with Crippen LogP contribution in [0, 0.1) is 5.82 Å². The molecule has 2 heterocycles. The summed E-state index contributed by atoms with van der Waals surface area (Å²) in [5.74, 6) is 1.03. The van der Waals surface area contributed by atoms with E-state index in [4.69, 9.17) is 11.6 Å². The van der Waals surface area contributed by atoms with Gasteiger partial charge in [0.25, 0.3) is 0 Å². The zero-order valence-corrected chi connectivity index (χ0v) is 15.9. The van der Waals surface area contributed by atoms with Crippen molar-refractivity contribution in [3.8, 4) is 0 Å². The molecule has 0 bridgehead atoms. The minimum Gasteiger partial charge on any atom is -0.340 e. The van der Waals surface area contributed by atoms with Crippen molar-refractivity contribution < 1.29 is 17.6 Å². The van der Waals surface area contributed by atoms with E-state index in [0.717, 1.165) is 15.8 Å². The number of sulfonamides is 1. The Balaban J connectivity index is 1.89. The maximum Gasteiger partial charge on any atom is 0.247 e. The molecule has 24 heavy (non-hydrogen) atoms. The second kappa shape index (κ2) is 7.41. The summed E-state index contributed by atoms with van der Waals surface area (Å²) in [4.78, 5) is 13.9. The first-order valence-corrected chi connectivity index (χ1v) is 11.5. The lowest BCUT2D eigenvalue weighted by Crippen LogP contribution is -2.51. The molecule has 0 aromatic heterocycles. The second-order valence-corrected chi connectivity index (χ2v) is 9.89. The van der Waals surface area contributed by atoms with Crippen LogP contribution in [0.4, 0.5) is 4.39 Å². The molecule has 5 nitrogen and oxygen atoms in total. The summed E-state index contributed by atoms with van der Waals surface area (Å²) in [6.45, 7) is 1.23. The number of nitrogens with zero attached hydrogens (tertiary/aromatic N) is 2. The molecule has 2 fully saturated rings. The van der Waals surface area contributed by atoms with Crippen LogP contribution in [-0.4, -0.2) is 65.8 Å². The van der Waals surface area contributed by atoms with Crippen molar-refractivity contribution in [2.75, 3.05) is 36.2 Å². The van der Waals surface area contributed by atoms with Crippen molar-refractivity contribution in [1.29, 1.82) is 0 Å². The van der Waals surface area contributed by atoms with Gasteiger partial charge in [-0.2, -0.15) is 16.1 Å². The molecule has 1 aromatic rings. The molecule has 2 aliphatic heterocycles. The van der Waals surface area contributed by atoms with Crippen LogP contribution in [0.2, 0.25) is 5.02 Å². The van der Waals surface area contributed by atoms with Gasteiger partial charge in [-0.1, -0.05) is 17.7 Å². The molecule has 0 aliphatic carbocycles. The highest BCUT2D eigenvalue weighted by Crippen LogP contribution is 2.32. The van der Waals surface area contributed by atoms with Gasteiger partial charge in [0.2, 0.25) is 15.9 Å². The topological polar surface area (TPSA) is 57.7 Å². The fourth-order valence-electron chi connectivity index (χ4n) is 2.66. The molecule has 0 N–H and O–H groups in total. The van der Waals surface area contributed by atoms with Crippen LogP contribution in [-0.2, 0) is 14.8 Å². The van der Waals surface area contributed by atoms with Gasteiger partial charge in [0.15, 0.2) is 5.82 Å². The Kier molecular flexibility index (Phi) is 5.65. The van der Waals surface area contributed by atoms with E-state index < -0.39 is 26.8 Å². The highest BCUT2D eigenvalue weighted by atomic mass is 35.5. The Morgan fingerprint density at radius 1 is 1.25 bits per heavy atom. The fraction of sp³-hybridized carbons (Fsp3) is 0.500. The molecule has 1 amide bonds. The summed E-state index contributed by atoms with van der Waals surface area (Å²) in [6.07, 6.45) is 0. The third kappa shape index (κ3) is 3.41. The van der Waals surface area contributed by atoms with Crippen LogP contribution in [0.5, 0.6) is 0 Å². The van der Waals surface area contributed by atoms with Crippen LogP contribution in [0.1, 0.15) is 0 Å². The van der Waals surface area contributed by atoms with Gasteiger partial charge in [-0.3, -0.25) is 4.79 Å². The Labute approximate surface area is 153 Å². The van der Waals surface area contributed by atoms with Gasteiger partial charge in [0, 0.05) is 30.3 Å². The average Bonchev–Trinajstić information content (AvgIpc) is 3.08. The third-order valence-electron chi connectivity index (χ3n) is 3.95. The van der Waals surface area contributed by atoms with E-state index in [1.54, 1.807) is 16.7 Å². The second-order valence-electron chi connectivity index (χ2n) is 5.40. The molecule has 10 heteroatoms. The number of rotatable bonds is 3. The zero-order chi connectivity index (χ0) is 17.3. The molecule has 0 unspecified atom stereocenters. The minimum atomic E-state index is -4.12. The number of halogens is 2. The summed E-state index contributed by atoms with van der Waals surface area (Å²) >= 11 is 8.83. The molecule has 0 spiro atoms. The number of benzene rings is 1. The maximum atomic E-state index is 14.2. The van der Waals surface area contributed by atoms with Crippen LogP contribution in [0.25, 0.3) is 0 Å². The molecule has 1 aromatic carbocycles. The van der Waals surface area contributed by atoms with Crippen LogP contribution >= 0.6 is 35.1 Å². The largest absolute Gasteiger partial charge is 0.340 e. The van der Waals surface area contributed by atoms with E-state index in [2.05, 4.69) is 0 Å². The predicted molar refractivity (Wildman–Crippen MR) is 95.5 cm³/mol. The van der Waals surface area contributed by atoms with Gasteiger partial charge >= 0.3 is 0 Å². The standard InChI is InChI=1S/C14H16ClFN2O3S3/c15-10-2-1-3-12(13(10)16)24(20,21)18-9-23-8-11(18)14(19)17-4-6-22-7-5-17/h1-3,11H,4-9H2/t11-/m1/s1.